The molecule has 9 nitrogen and oxygen atoms in total. The van der Waals surface area contributed by atoms with Crippen LogP contribution in [0.4, 0.5) is 4.79 Å². The molecule has 0 unspecified atom stereocenters. The van der Waals surface area contributed by atoms with Gasteiger partial charge in [-0.25, -0.2) is 4.79 Å². The number of urea groups is 1. The molecular weight excluding hydrogens is 302 g/mol. The van der Waals surface area contributed by atoms with Crippen LogP contribution >= 0.6 is 0 Å². The number of hydroxylamine groups is 2. The highest BCUT2D eigenvalue weighted by molar-refractivity contribution is 7.80. The molecule has 3 rings (SSSR count). The zero-order valence-corrected chi connectivity index (χ0v) is 12.5. The van der Waals surface area contributed by atoms with Crippen LogP contribution in [0.25, 0.3) is 0 Å². The van der Waals surface area contributed by atoms with E-state index in [9.17, 15) is 13.2 Å². The summed E-state index contributed by atoms with van der Waals surface area (Å²) >= 11 is 0. The van der Waals surface area contributed by atoms with E-state index in [4.69, 9.17) is 9.39 Å². The van der Waals surface area contributed by atoms with Crippen LogP contribution in [0.2, 0.25) is 0 Å². The van der Waals surface area contributed by atoms with E-state index in [2.05, 4.69) is 9.44 Å². The number of amides is 2. The molecule has 2 bridgehead atoms. The second-order valence-corrected chi connectivity index (χ2v) is 7.12. The van der Waals surface area contributed by atoms with Crippen LogP contribution in [0.3, 0.4) is 0 Å². The molecule has 0 spiro atoms. The van der Waals surface area contributed by atoms with Gasteiger partial charge in [0.25, 0.3) is 0 Å². The van der Waals surface area contributed by atoms with Crippen molar-refractivity contribution in [3.8, 4) is 0 Å². The van der Waals surface area contributed by atoms with E-state index in [0.717, 1.165) is 10.8 Å². The molecule has 2 saturated heterocycles. The van der Waals surface area contributed by atoms with Gasteiger partial charge < -0.3 is 9.74 Å². The molecule has 3 aliphatic heterocycles. The molecule has 2 atom stereocenters. The number of carbonyl (C=O) groups excluding carboxylic acids is 1. The summed E-state index contributed by atoms with van der Waals surface area (Å²) in [6.07, 6.45) is 1.84. The maximum absolute atomic E-state index is 12.2. The summed E-state index contributed by atoms with van der Waals surface area (Å²) in [6, 6.07) is -1.18. The first-order chi connectivity index (χ1) is 9.66. The van der Waals surface area contributed by atoms with Gasteiger partial charge in [0.2, 0.25) is 0 Å². The number of fused-ring (bicyclic) bond motifs is 2. The fraction of sp³-hybridized carbons (Fsp3) is 0.818. The largest absolute Gasteiger partial charge is 0.418 e. The van der Waals surface area contributed by atoms with Gasteiger partial charge in [-0.05, 0) is 26.7 Å². The van der Waals surface area contributed by atoms with Gasteiger partial charge >= 0.3 is 16.4 Å². The summed E-state index contributed by atoms with van der Waals surface area (Å²) in [5, 5.41) is 4.79. The zero-order valence-electron chi connectivity index (χ0n) is 11.7. The average molecular weight is 319 g/mol. The van der Waals surface area contributed by atoms with E-state index in [1.807, 2.05) is 13.8 Å². The number of hydrogen-bond acceptors (Lipinski definition) is 6. The summed E-state index contributed by atoms with van der Waals surface area (Å²) in [4.78, 5) is 19.1. The third-order valence-corrected chi connectivity index (χ3v) is 4.25. The molecule has 21 heavy (non-hydrogen) atoms. The van der Waals surface area contributed by atoms with Gasteiger partial charge in [0.05, 0.1) is 17.8 Å². The summed E-state index contributed by atoms with van der Waals surface area (Å²) < 4.78 is 34.8. The normalized spacial score (nSPS) is 31.4. The van der Waals surface area contributed by atoms with Crippen LogP contribution in [0, 0.1) is 0 Å². The predicted octanol–water partition coefficient (Wildman–Crippen LogP) is 0.544. The molecule has 2 amide bonds. The summed E-state index contributed by atoms with van der Waals surface area (Å²) in [6.45, 7) is 4.17. The van der Waals surface area contributed by atoms with Crippen molar-refractivity contribution in [2.45, 2.75) is 50.8 Å². The molecule has 0 aromatic carbocycles. The van der Waals surface area contributed by atoms with Gasteiger partial charge in [0.15, 0.2) is 0 Å². The first-order valence-electron chi connectivity index (χ1n) is 6.68. The van der Waals surface area contributed by atoms with E-state index in [-0.39, 0.29) is 17.7 Å². The van der Waals surface area contributed by atoms with Crippen LogP contribution in [-0.4, -0.2) is 58.9 Å². The van der Waals surface area contributed by atoms with Crippen LogP contribution in [0.5, 0.6) is 0 Å². The maximum Gasteiger partial charge on any atom is 0.418 e. The Hall–Kier alpha value is -1.39. The summed E-state index contributed by atoms with van der Waals surface area (Å²) in [7, 11) is -4.71. The molecule has 0 aromatic heterocycles. The minimum absolute atomic E-state index is 0.217. The van der Waals surface area contributed by atoms with Gasteiger partial charge in [0, 0.05) is 13.0 Å². The standard InChI is InChI=1S/C11H17N3O6S/c1-11(2)5-8(12-19-11)9-4-3-7-6-13(9)10(15)14(7)20-21(16,17)18/h7,9H,3-6H2,1-2H3,(H,16,17,18)/t7-,9-/m0/s1. The highest BCUT2D eigenvalue weighted by atomic mass is 32.3. The van der Waals surface area contributed by atoms with E-state index in [1.54, 1.807) is 0 Å². The van der Waals surface area contributed by atoms with E-state index >= 15 is 0 Å². The Morgan fingerprint density at radius 1 is 1.43 bits per heavy atom. The number of rotatable bonds is 3. The highest BCUT2D eigenvalue weighted by Crippen LogP contribution is 2.34. The van der Waals surface area contributed by atoms with Crippen LogP contribution in [-0.2, 0) is 19.5 Å². The fourth-order valence-electron chi connectivity index (χ4n) is 3.04. The number of nitrogens with zero attached hydrogens (tertiary/aromatic N) is 3. The van der Waals surface area contributed by atoms with Gasteiger partial charge in [-0.2, -0.15) is 13.5 Å². The Bertz CT molecular complexity index is 601. The number of carbonyl (C=O) groups is 1. The van der Waals surface area contributed by atoms with Crippen LogP contribution in [0.15, 0.2) is 5.16 Å². The Morgan fingerprint density at radius 2 is 2.14 bits per heavy atom. The highest BCUT2D eigenvalue weighted by Gasteiger charge is 2.50. The summed E-state index contributed by atoms with van der Waals surface area (Å²) in [5.41, 5.74) is 0.389. The van der Waals surface area contributed by atoms with Crippen molar-refractivity contribution < 1.29 is 26.9 Å². The van der Waals surface area contributed by atoms with Gasteiger partial charge in [-0.1, -0.05) is 5.16 Å². The minimum atomic E-state index is -4.71. The number of oxime groups is 1. The monoisotopic (exact) mass is 319 g/mol. The number of hydrogen-bond donors (Lipinski definition) is 1. The quantitative estimate of drug-likeness (QED) is 0.761. The lowest BCUT2D eigenvalue weighted by atomic mass is 9.91. The SMILES string of the molecule is CC1(C)CC([C@@H]2CC[C@H]3CN2C(=O)N3OS(=O)(=O)O)=NO1. The van der Waals surface area contributed by atoms with Crippen molar-refractivity contribution in [2.75, 3.05) is 6.54 Å². The van der Waals surface area contributed by atoms with Crippen molar-refractivity contribution >= 4 is 22.1 Å². The second-order valence-electron chi connectivity index (χ2n) is 6.12. The molecule has 1 N–H and O–H groups in total. The average Bonchev–Trinajstić information content (AvgIpc) is 2.83. The summed E-state index contributed by atoms with van der Waals surface area (Å²) in [5.74, 6) is 0. The third kappa shape index (κ3) is 2.70. The topological polar surface area (TPSA) is 109 Å². The lowest BCUT2D eigenvalue weighted by molar-refractivity contribution is -0.0316. The molecule has 0 saturated carbocycles. The first-order valence-corrected chi connectivity index (χ1v) is 8.05. The minimum Gasteiger partial charge on any atom is -0.389 e. The lowest BCUT2D eigenvalue weighted by Crippen LogP contribution is -2.45. The third-order valence-electron chi connectivity index (χ3n) is 3.90. The van der Waals surface area contributed by atoms with Crippen molar-refractivity contribution in [3.63, 3.8) is 0 Å². The van der Waals surface area contributed by atoms with Crippen molar-refractivity contribution in [2.24, 2.45) is 5.16 Å². The molecule has 118 valence electrons. The van der Waals surface area contributed by atoms with Gasteiger partial charge in [-0.15, -0.1) is 4.28 Å². The molecular formula is C11H17N3O6S. The molecule has 2 fully saturated rings. The van der Waals surface area contributed by atoms with E-state index in [0.29, 0.717) is 25.8 Å². The Kier molecular flexibility index (Phi) is 3.15. The predicted molar refractivity (Wildman–Crippen MR) is 70.6 cm³/mol. The zero-order chi connectivity index (χ0) is 15.4. The molecule has 0 aromatic rings. The Morgan fingerprint density at radius 3 is 2.71 bits per heavy atom. The smallest absolute Gasteiger partial charge is 0.389 e. The van der Waals surface area contributed by atoms with Crippen molar-refractivity contribution in [1.29, 1.82) is 0 Å². The van der Waals surface area contributed by atoms with E-state index in [1.165, 1.54) is 4.90 Å². The number of piperidine rings is 1. The lowest BCUT2D eigenvalue weighted by Gasteiger charge is -2.30. The fourth-order valence-corrected chi connectivity index (χ4v) is 3.43. The van der Waals surface area contributed by atoms with E-state index < -0.39 is 16.4 Å². The van der Waals surface area contributed by atoms with Gasteiger partial charge in [-0.3, -0.25) is 4.55 Å². The Balaban J connectivity index is 1.77. The molecule has 0 aliphatic carbocycles. The van der Waals surface area contributed by atoms with Crippen molar-refractivity contribution in [1.82, 2.24) is 9.96 Å². The first kappa shape index (κ1) is 14.5. The van der Waals surface area contributed by atoms with Crippen molar-refractivity contribution in [3.05, 3.63) is 0 Å². The molecule has 0 radical (unpaired) electrons. The van der Waals surface area contributed by atoms with Gasteiger partial charge in [0.1, 0.15) is 5.60 Å². The van der Waals surface area contributed by atoms with Crippen LogP contribution in [0.1, 0.15) is 33.1 Å². The van der Waals surface area contributed by atoms with Crippen LogP contribution < -0.4 is 0 Å². The maximum atomic E-state index is 12.2. The second kappa shape index (κ2) is 4.55. The molecule has 3 heterocycles. The Labute approximate surface area is 122 Å². The molecule has 3 aliphatic rings. The molecule has 10 heteroatoms.